The number of hydrogen-bond donors (Lipinski definition) is 1. The lowest BCUT2D eigenvalue weighted by Gasteiger charge is -2.15. The minimum Gasteiger partial charge on any atom is -0.496 e. The molecule has 2 rings (SSSR count). The molecular weight excluding hydrogens is 292 g/mol. The van der Waals surface area contributed by atoms with Crippen LogP contribution in [0.25, 0.3) is 0 Å². The fourth-order valence-electron chi connectivity index (χ4n) is 2.12. The summed E-state index contributed by atoms with van der Waals surface area (Å²) in [5.41, 5.74) is 1.61. The Labute approximate surface area is 135 Å². The molecule has 1 atom stereocenters. The van der Waals surface area contributed by atoms with Gasteiger partial charge in [0.1, 0.15) is 18.4 Å². The Morgan fingerprint density at radius 1 is 1.17 bits per heavy atom. The van der Waals surface area contributed by atoms with Gasteiger partial charge in [0.25, 0.3) is 0 Å². The second kappa shape index (κ2) is 8.57. The van der Waals surface area contributed by atoms with Gasteiger partial charge >= 0.3 is 0 Å². The van der Waals surface area contributed by atoms with Crippen LogP contribution in [-0.2, 0) is 16.1 Å². The highest BCUT2D eigenvalue weighted by Crippen LogP contribution is 2.24. The number of rotatable bonds is 7. The van der Waals surface area contributed by atoms with E-state index in [0.717, 1.165) is 5.56 Å². The molecule has 5 heteroatoms. The van der Waals surface area contributed by atoms with E-state index in [9.17, 15) is 10.1 Å². The summed E-state index contributed by atoms with van der Waals surface area (Å²) < 4.78 is 10.6. The average molecular weight is 310 g/mol. The highest BCUT2D eigenvalue weighted by atomic mass is 16.5. The maximum absolute atomic E-state index is 11.9. The van der Waals surface area contributed by atoms with Crippen molar-refractivity contribution in [2.75, 3.05) is 13.7 Å². The molecule has 1 unspecified atom stereocenters. The van der Waals surface area contributed by atoms with Crippen molar-refractivity contribution in [1.29, 1.82) is 5.26 Å². The summed E-state index contributed by atoms with van der Waals surface area (Å²) in [5, 5.41) is 11.9. The predicted molar refractivity (Wildman–Crippen MR) is 85.6 cm³/mol. The molecule has 1 N–H and O–H groups in total. The van der Waals surface area contributed by atoms with Gasteiger partial charge in [0, 0.05) is 5.56 Å². The Balaban J connectivity index is 1.89. The molecule has 0 bridgehead atoms. The third-order valence-electron chi connectivity index (χ3n) is 3.23. The Kier molecular flexibility index (Phi) is 6.16. The topological polar surface area (TPSA) is 71.3 Å². The molecule has 0 aliphatic heterocycles. The third-order valence-corrected chi connectivity index (χ3v) is 3.23. The number of carbonyl (C=O) groups is 1. The van der Waals surface area contributed by atoms with Crippen LogP contribution in [0.3, 0.4) is 0 Å². The van der Waals surface area contributed by atoms with Gasteiger partial charge in [-0.2, -0.15) is 5.26 Å². The monoisotopic (exact) mass is 310 g/mol. The lowest BCUT2D eigenvalue weighted by Crippen LogP contribution is -2.31. The van der Waals surface area contributed by atoms with Crippen molar-refractivity contribution in [3.05, 3.63) is 65.7 Å². The standard InChI is InChI=1S/C18H18N2O3/c1-22-17-10-6-5-9-15(17)16(11-19)20-18(21)13-23-12-14-7-3-2-4-8-14/h2-10,16H,12-13H2,1H3,(H,20,21). The summed E-state index contributed by atoms with van der Waals surface area (Å²) in [5.74, 6) is 0.211. The van der Waals surface area contributed by atoms with E-state index in [0.29, 0.717) is 17.9 Å². The Morgan fingerprint density at radius 2 is 1.87 bits per heavy atom. The fourth-order valence-corrected chi connectivity index (χ4v) is 2.12. The molecule has 2 aromatic rings. The van der Waals surface area contributed by atoms with E-state index in [1.165, 1.54) is 7.11 Å². The Bertz CT molecular complexity index is 680. The third kappa shape index (κ3) is 4.83. The number of amides is 1. The number of hydrogen-bond acceptors (Lipinski definition) is 4. The highest BCUT2D eigenvalue weighted by Gasteiger charge is 2.17. The number of nitrogens with zero attached hydrogens (tertiary/aromatic N) is 1. The van der Waals surface area contributed by atoms with Crippen LogP contribution in [0.2, 0.25) is 0 Å². The molecule has 0 fully saturated rings. The molecule has 0 saturated heterocycles. The zero-order valence-electron chi connectivity index (χ0n) is 12.9. The van der Waals surface area contributed by atoms with Gasteiger partial charge in [-0.05, 0) is 11.6 Å². The lowest BCUT2D eigenvalue weighted by molar-refractivity contribution is -0.126. The summed E-state index contributed by atoms with van der Waals surface area (Å²) in [6, 6.07) is 18.0. The average Bonchev–Trinajstić information content (AvgIpc) is 2.60. The SMILES string of the molecule is COc1ccccc1C(C#N)NC(=O)COCc1ccccc1. The van der Waals surface area contributed by atoms with Crippen molar-refractivity contribution in [3.8, 4) is 11.8 Å². The van der Waals surface area contributed by atoms with E-state index >= 15 is 0 Å². The van der Waals surface area contributed by atoms with E-state index in [2.05, 4.69) is 11.4 Å². The lowest BCUT2D eigenvalue weighted by atomic mass is 10.1. The van der Waals surface area contributed by atoms with Crippen molar-refractivity contribution in [3.63, 3.8) is 0 Å². The molecule has 23 heavy (non-hydrogen) atoms. The summed E-state index contributed by atoms with van der Waals surface area (Å²) in [7, 11) is 1.53. The number of nitriles is 1. The van der Waals surface area contributed by atoms with Crippen LogP contribution < -0.4 is 10.1 Å². The van der Waals surface area contributed by atoms with E-state index < -0.39 is 6.04 Å². The summed E-state index contributed by atoms with van der Waals surface area (Å²) >= 11 is 0. The molecule has 0 radical (unpaired) electrons. The van der Waals surface area contributed by atoms with E-state index in [-0.39, 0.29) is 12.5 Å². The summed E-state index contributed by atoms with van der Waals surface area (Å²) in [4.78, 5) is 11.9. The molecular formula is C18H18N2O3. The van der Waals surface area contributed by atoms with Gasteiger partial charge in [-0.1, -0.05) is 48.5 Å². The maximum Gasteiger partial charge on any atom is 0.247 e. The Morgan fingerprint density at radius 3 is 2.57 bits per heavy atom. The van der Waals surface area contributed by atoms with Gasteiger partial charge in [-0.3, -0.25) is 4.79 Å². The second-order valence-corrected chi connectivity index (χ2v) is 4.85. The first kappa shape index (κ1) is 16.5. The molecule has 5 nitrogen and oxygen atoms in total. The molecule has 118 valence electrons. The van der Waals surface area contributed by atoms with E-state index in [4.69, 9.17) is 9.47 Å². The number of benzene rings is 2. The van der Waals surface area contributed by atoms with E-state index in [1.54, 1.807) is 18.2 Å². The number of nitrogens with one attached hydrogen (secondary N) is 1. The zero-order chi connectivity index (χ0) is 16.5. The van der Waals surface area contributed by atoms with Gasteiger partial charge < -0.3 is 14.8 Å². The highest BCUT2D eigenvalue weighted by molar-refractivity contribution is 5.78. The molecule has 2 aromatic carbocycles. The summed E-state index contributed by atoms with van der Waals surface area (Å²) in [6.07, 6.45) is 0. The maximum atomic E-state index is 11.9. The van der Waals surface area contributed by atoms with Gasteiger partial charge in [0.05, 0.1) is 19.8 Å². The minimum atomic E-state index is -0.779. The van der Waals surface area contributed by atoms with Gasteiger partial charge in [-0.15, -0.1) is 0 Å². The van der Waals surface area contributed by atoms with Crippen LogP contribution >= 0.6 is 0 Å². The molecule has 0 saturated carbocycles. The molecule has 0 aliphatic carbocycles. The molecule has 0 aromatic heterocycles. The van der Waals surface area contributed by atoms with Gasteiger partial charge in [-0.25, -0.2) is 0 Å². The number of ether oxygens (including phenoxy) is 2. The van der Waals surface area contributed by atoms with Crippen molar-refractivity contribution < 1.29 is 14.3 Å². The first-order valence-electron chi connectivity index (χ1n) is 7.18. The van der Waals surface area contributed by atoms with Crippen molar-refractivity contribution in [2.45, 2.75) is 12.6 Å². The van der Waals surface area contributed by atoms with Crippen LogP contribution in [0.5, 0.6) is 5.75 Å². The van der Waals surface area contributed by atoms with Gasteiger partial charge in [0.2, 0.25) is 5.91 Å². The number of para-hydroxylation sites is 1. The minimum absolute atomic E-state index is 0.109. The molecule has 0 spiro atoms. The predicted octanol–water partition coefficient (Wildman–Crippen LogP) is 2.59. The van der Waals surface area contributed by atoms with E-state index in [1.807, 2.05) is 36.4 Å². The second-order valence-electron chi connectivity index (χ2n) is 4.85. The van der Waals surface area contributed by atoms with Crippen molar-refractivity contribution in [1.82, 2.24) is 5.32 Å². The zero-order valence-corrected chi connectivity index (χ0v) is 12.9. The van der Waals surface area contributed by atoms with Crippen molar-refractivity contribution in [2.24, 2.45) is 0 Å². The normalized spacial score (nSPS) is 11.3. The van der Waals surface area contributed by atoms with Gasteiger partial charge in [0.15, 0.2) is 0 Å². The van der Waals surface area contributed by atoms with Crippen LogP contribution in [0.15, 0.2) is 54.6 Å². The first-order chi connectivity index (χ1) is 11.2. The summed E-state index contributed by atoms with van der Waals surface area (Å²) in [6.45, 7) is 0.238. The quantitative estimate of drug-likeness (QED) is 0.853. The first-order valence-corrected chi connectivity index (χ1v) is 7.18. The van der Waals surface area contributed by atoms with Crippen molar-refractivity contribution >= 4 is 5.91 Å². The number of methoxy groups -OCH3 is 1. The number of carbonyl (C=O) groups excluding carboxylic acids is 1. The smallest absolute Gasteiger partial charge is 0.247 e. The van der Waals surface area contributed by atoms with Crippen LogP contribution in [0, 0.1) is 11.3 Å². The molecule has 1 amide bonds. The molecule has 0 heterocycles. The molecule has 0 aliphatic rings. The van der Waals surface area contributed by atoms with Crippen LogP contribution in [0.4, 0.5) is 0 Å². The van der Waals surface area contributed by atoms with Crippen LogP contribution in [0.1, 0.15) is 17.2 Å². The largest absolute Gasteiger partial charge is 0.496 e. The fraction of sp³-hybridized carbons (Fsp3) is 0.222. The van der Waals surface area contributed by atoms with Crippen LogP contribution in [-0.4, -0.2) is 19.6 Å². The Hall–Kier alpha value is -2.84.